The Morgan fingerprint density at radius 2 is 1.97 bits per heavy atom. The average molecular weight is 480 g/mol. The average Bonchev–Trinajstić information content (AvgIpc) is 3.34. The van der Waals surface area contributed by atoms with Gasteiger partial charge in [0.2, 0.25) is 11.4 Å². The molecule has 0 saturated heterocycles. The molecular formula is C23H19F3N8O. The molecule has 0 radical (unpaired) electrons. The van der Waals surface area contributed by atoms with Gasteiger partial charge in [0.25, 0.3) is 5.91 Å². The van der Waals surface area contributed by atoms with Gasteiger partial charge in [-0.3, -0.25) is 9.79 Å². The van der Waals surface area contributed by atoms with Crippen LogP contribution in [0, 0.1) is 6.92 Å². The Balaban J connectivity index is 1.54. The number of carbonyl (C=O) groups is 1. The van der Waals surface area contributed by atoms with E-state index in [0.29, 0.717) is 17.9 Å². The van der Waals surface area contributed by atoms with Crippen molar-refractivity contribution in [2.45, 2.75) is 19.6 Å². The van der Waals surface area contributed by atoms with Crippen LogP contribution in [-0.4, -0.2) is 44.0 Å². The summed E-state index contributed by atoms with van der Waals surface area (Å²) in [6.07, 6.45) is -2.12. The standard InChI is InChI=1S/C23H19F3N8O/c1-12-3-4-14(31-20(35)17-5-6-29-21(32-17)23(24,25)26)10-15(12)16-9-13-11-30-22(27-2)33-18(13)34-8-7-28-19(16)34/h3-6,9-11,28H,7-8H2,1-2H3,(H,31,35). The zero-order valence-corrected chi connectivity index (χ0v) is 18.7. The summed E-state index contributed by atoms with van der Waals surface area (Å²) in [7, 11) is 1.63. The number of nitrogens with one attached hydrogen (secondary N) is 2. The van der Waals surface area contributed by atoms with Gasteiger partial charge in [-0.1, -0.05) is 6.07 Å². The second kappa shape index (κ2) is 8.46. The summed E-state index contributed by atoms with van der Waals surface area (Å²) in [5.41, 5.74) is 3.92. The molecule has 2 N–H and O–H groups in total. The Labute approximate surface area is 197 Å². The van der Waals surface area contributed by atoms with Crippen LogP contribution in [0.15, 0.2) is 47.7 Å². The largest absolute Gasteiger partial charge is 0.451 e. The number of rotatable bonds is 3. The van der Waals surface area contributed by atoms with Crippen molar-refractivity contribution in [1.29, 1.82) is 0 Å². The molecule has 3 aliphatic heterocycles. The third kappa shape index (κ3) is 4.18. The van der Waals surface area contributed by atoms with E-state index in [0.717, 1.165) is 52.7 Å². The highest BCUT2D eigenvalue weighted by molar-refractivity contribution is 6.03. The third-order valence-corrected chi connectivity index (χ3v) is 5.62. The van der Waals surface area contributed by atoms with E-state index in [4.69, 9.17) is 0 Å². The summed E-state index contributed by atoms with van der Waals surface area (Å²) in [5, 5.41) is 6.02. The van der Waals surface area contributed by atoms with Gasteiger partial charge in [0.05, 0.1) is 0 Å². The number of halogens is 3. The van der Waals surface area contributed by atoms with Crippen molar-refractivity contribution < 1.29 is 18.0 Å². The molecule has 2 aromatic rings. The van der Waals surface area contributed by atoms with E-state index >= 15 is 0 Å². The fourth-order valence-corrected chi connectivity index (χ4v) is 3.98. The molecule has 35 heavy (non-hydrogen) atoms. The number of anilines is 2. The van der Waals surface area contributed by atoms with Crippen LogP contribution in [0.1, 0.15) is 21.9 Å². The van der Waals surface area contributed by atoms with Crippen LogP contribution >= 0.6 is 0 Å². The first-order chi connectivity index (χ1) is 16.7. The highest BCUT2D eigenvalue weighted by atomic mass is 19.4. The van der Waals surface area contributed by atoms with Gasteiger partial charge in [0.1, 0.15) is 17.3 Å². The molecule has 9 nitrogen and oxygen atoms in total. The van der Waals surface area contributed by atoms with Crippen LogP contribution < -0.4 is 16.3 Å². The molecule has 1 aromatic heterocycles. The quantitative estimate of drug-likeness (QED) is 0.465. The molecule has 0 aliphatic carbocycles. The van der Waals surface area contributed by atoms with E-state index in [9.17, 15) is 18.0 Å². The summed E-state index contributed by atoms with van der Waals surface area (Å²) in [6, 6.07) is 8.39. The smallest absolute Gasteiger partial charge is 0.369 e. The van der Waals surface area contributed by atoms with Gasteiger partial charge in [-0.2, -0.15) is 18.2 Å². The van der Waals surface area contributed by atoms with Crippen LogP contribution in [0.2, 0.25) is 0 Å². The number of amides is 1. The lowest BCUT2D eigenvalue weighted by Gasteiger charge is -2.19. The number of aromatic nitrogens is 5. The predicted molar refractivity (Wildman–Crippen MR) is 122 cm³/mol. The van der Waals surface area contributed by atoms with Crippen LogP contribution in [0.25, 0.3) is 22.5 Å². The van der Waals surface area contributed by atoms with E-state index < -0.39 is 17.9 Å². The molecule has 0 unspecified atom stereocenters. The third-order valence-electron chi connectivity index (χ3n) is 5.62. The Hall–Kier alpha value is -4.35. The van der Waals surface area contributed by atoms with Gasteiger partial charge in [0, 0.05) is 49.3 Å². The molecule has 12 heteroatoms. The first kappa shape index (κ1) is 22.4. The van der Waals surface area contributed by atoms with Crippen molar-refractivity contribution in [2.24, 2.45) is 4.99 Å². The monoisotopic (exact) mass is 480 g/mol. The lowest BCUT2D eigenvalue weighted by molar-refractivity contribution is -0.145. The normalized spacial score (nSPS) is 13.6. The number of benzene rings is 1. The summed E-state index contributed by atoms with van der Waals surface area (Å²) >= 11 is 0. The van der Waals surface area contributed by atoms with Gasteiger partial charge < -0.3 is 15.2 Å². The Bertz CT molecular complexity index is 1500. The number of carbonyl (C=O) groups excluding carboxylic acids is 1. The first-order valence-electron chi connectivity index (χ1n) is 10.6. The molecule has 4 heterocycles. The Morgan fingerprint density at radius 3 is 2.74 bits per heavy atom. The second-order valence-electron chi connectivity index (χ2n) is 7.90. The van der Waals surface area contributed by atoms with Gasteiger partial charge in [-0.05, 0) is 42.3 Å². The molecule has 3 aliphatic rings. The topological polar surface area (TPSA) is 110 Å². The zero-order chi connectivity index (χ0) is 24.7. The van der Waals surface area contributed by atoms with E-state index in [-0.39, 0.29) is 5.69 Å². The Morgan fingerprint density at radius 1 is 1.14 bits per heavy atom. The lowest BCUT2D eigenvalue weighted by Crippen LogP contribution is -2.18. The first-order valence-corrected chi connectivity index (χ1v) is 10.6. The summed E-state index contributed by atoms with van der Waals surface area (Å²) in [4.78, 5) is 32.0. The van der Waals surface area contributed by atoms with E-state index in [1.54, 1.807) is 25.4 Å². The van der Waals surface area contributed by atoms with Crippen molar-refractivity contribution in [1.82, 2.24) is 24.5 Å². The minimum Gasteiger partial charge on any atom is -0.369 e. The van der Waals surface area contributed by atoms with Crippen LogP contribution in [0.4, 0.5) is 24.7 Å². The van der Waals surface area contributed by atoms with E-state index in [2.05, 4.69) is 40.1 Å². The number of pyridine rings is 1. The van der Waals surface area contributed by atoms with E-state index in [1.807, 2.05) is 19.1 Å². The SMILES string of the molecule is CN=c1ncc2cc(-c3cc(NC(=O)c4ccnc(C(F)(F)F)n4)ccc3C)c3n(c-2n1)CCN3. The molecule has 0 spiro atoms. The van der Waals surface area contributed by atoms with Crippen molar-refractivity contribution in [3.8, 4) is 22.5 Å². The molecular weight excluding hydrogens is 461 g/mol. The van der Waals surface area contributed by atoms with Crippen molar-refractivity contribution >= 4 is 17.4 Å². The number of hydrogen-bond donors (Lipinski definition) is 2. The number of hydrogen-bond acceptors (Lipinski definition) is 7. The number of nitrogens with zero attached hydrogens (tertiary/aromatic N) is 6. The maximum absolute atomic E-state index is 12.9. The van der Waals surface area contributed by atoms with Gasteiger partial charge in [-0.25, -0.2) is 15.0 Å². The summed E-state index contributed by atoms with van der Waals surface area (Å²) < 4.78 is 40.8. The van der Waals surface area contributed by atoms with Gasteiger partial charge >= 0.3 is 6.18 Å². The predicted octanol–water partition coefficient (Wildman–Crippen LogP) is 3.38. The highest BCUT2D eigenvalue weighted by Crippen LogP contribution is 2.38. The van der Waals surface area contributed by atoms with Crippen LogP contribution in [0.5, 0.6) is 0 Å². The van der Waals surface area contributed by atoms with Crippen molar-refractivity contribution in [2.75, 3.05) is 24.2 Å². The fourth-order valence-electron chi connectivity index (χ4n) is 3.98. The Kier molecular flexibility index (Phi) is 5.42. The van der Waals surface area contributed by atoms with Crippen molar-refractivity contribution in [3.63, 3.8) is 0 Å². The lowest BCUT2D eigenvalue weighted by atomic mass is 9.98. The molecule has 178 valence electrons. The number of alkyl halides is 3. The second-order valence-corrected chi connectivity index (χ2v) is 7.90. The molecule has 5 rings (SSSR count). The zero-order valence-electron chi connectivity index (χ0n) is 18.7. The summed E-state index contributed by atoms with van der Waals surface area (Å²) in [5.74, 6) is -0.509. The fraction of sp³-hybridized carbons (Fsp3) is 0.217. The summed E-state index contributed by atoms with van der Waals surface area (Å²) in [6.45, 7) is 3.37. The highest BCUT2D eigenvalue weighted by Gasteiger charge is 2.35. The van der Waals surface area contributed by atoms with Crippen LogP contribution in [0.3, 0.4) is 0 Å². The van der Waals surface area contributed by atoms with Crippen molar-refractivity contribution in [3.05, 3.63) is 65.4 Å². The maximum atomic E-state index is 12.9. The molecule has 0 fully saturated rings. The molecule has 1 amide bonds. The van der Waals surface area contributed by atoms with Gasteiger partial charge in [0.15, 0.2) is 0 Å². The minimum atomic E-state index is -4.75. The number of aryl methyl sites for hydroxylation is 1. The minimum absolute atomic E-state index is 0.382. The van der Waals surface area contributed by atoms with E-state index in [1.165, 1.54) is 0 Å². The number of fused-ring (bicyclic) bond motifs is 3. The van der Waals surface area contributed by atoms with Crippen LogP contribution in [-0.2, 0) is 12.7 Å². The maximum Gasteiger partial charge on any atom is 0.451 e. The van der Waals surface area contributed by atoms with Gasteiger partial charge in [-0.15, -0.1) is 0 Å². The molecule has 0 saturated carbocycles. The molecule has 0 atom stereocenters. The molecule has 1 aromatic carbocycles. The molecule has 0 bridgehead atoms.